The first-order valence-electron chi connectivity index (χ1n) is 9.28. The second-order valence-corrected chi connectivity index (χ2v) is 6.83. The minimum Gasteiger partial charge on any atom is -0.504 e. The molecule has 0 radical (unpaired) electrons. The number of carbonyl (C=O) groups is 2. The molecule has 2 heterocycles. The molecule has 2 aromatic heterocycles. The van der Waals surface area contributed by atoms with Crippen molar-refractivity contribution in [3.05, 3.63) is 95.1 Å². The van der Waals surface area contributed by atoms with Crippen LogP contribution in [0.3, 0.4) is 0 Å². The maximum absolute atomic E-state index is 13.2. The fraction of sp³-hybridized carbons (Fsp3) is 0.0435. The number of carboxylic acids is 1. The van der Waals surface area contributed by atoms with E-state index in [2.05, 4.69) is 15.3 Å². The summed E-state index contributed by atoms with van der Waals surface area (Å²) in [5.74, 6) is -2.91. The number of benzene rings is 2. The molecule has 8 heteroatoms. The summed E-state index contributed by atoms with van der Waals surface area (Å²) in [6, 6.07) is 16.0. The lowest BCUT2D eigenvalue weighted by molar-refractivity contribution is 0.0687. The quantitative estimate of drug-likeness (QED) is 0.452. The molecule has 0 aliphatic heterocycles. The van der Waals surface area contributed by atoms with Crippen molar-refractivity contribution in [3.8, 4) is 5.75 Å². The van der Waals surface area contributed by atoms with Gasteiger partial charge in [-0.3, -0.25) is 9.78 Å². The van der Waals surface area contributed by atoms with Gasteiger partial charge in [0, 0.05) is 17.1 Å². The summed E-state index contributed by atoms with van der Waals surface area (Å²) in [4.78, 5) is 32.3. The van der Waals surface area contributed by atoms with Crippen molar-refractivity contribution in [2.45, 2.75) is 6.42 Å². The van der Waals surface area contributed by atoms with Gasteiger partial charge in [0.05, 0.1) is 0 Å². The highest BCUT2D eigenvalue weighted by molar-refractivity contribution is 6.10. The molecular formula is C23H16FN3O4. The Morgan fingerprint density at radius 1 is 1.00 bits per heavy atom. The molecule has 0 fully saturated rings. The van der Waals surface area contributed by atoms with Gasteiger partial charge < -0.3 is 15.5 Å². The van der Waals surface area contributed by atoms with Crippen LogP contribution in [0.4, 0.5) is 10.2 Å². The summed E-state index contributed by atoms with van der Waals surface area (Å²) in [5.41, 5.74) is 1.28. The van der Waals surface area contributed by atoms with Crippen molar-refractivity contribution in [2.75, 3.05) is 5.32 Å². The van der Waals surface area contributed by atoms with Gasteiger partial charge in [0.2, 0.25) is 0 Å². The maximum atomic E-state index is 13.2. The molecule has 0 bridgehead atoms. The topological polar surface area (TPSA) is 112 Å². The third kappa shape index (κ3) is 4.18. The fourth-order valence-electron chi connectivity index (χ4n) is 3.16. The summed E-state index contributed by atoms with van der Waals surface area (Å²) in [7, 11) is 0. The van der Waals surface area contributed by atoms with E-state index in [9.17, 15) is 24.2 Å². The van der Waals surface area contributed by atoms with Gasteiger partial charge in [0.15, 0.2) is 11.4 Å². The predicted octanol–water partition coefficient (Wildman–Crippen LogP) is 4.02. The predicted molar refractivity (Wildman–Crippen MR) is 112 cm³/mol. The second-order valence-electron chi connectivity index (χ2n) is 6.83. The Hall–Kier alpha value is -4.33. The molecule has 0 aliphatic rings. The van der Waals surface area contributed by atoms with E-state index in [1.165, 1.54) is 18.3 Å². The van der Waals surface area contributed by atoms with Gasteiger partial charge in [0.25, 0.3) is 5.91 Å². The van der Waals surface area contributed by atoms with E-state index in [-0.39, 0.29) is 22.5 Å². The molecular weight excluding hydrogens is 401 g/mol. The zero-order valence-electron chi connectivity index (χ0n) is 16.0. The number of aromatic hydroxyl groups is 1. The Morgan fingerprint density at radius 3 is 2.39 bits per heavy atom. The molecule has 0 unspecified atom stereocenters. The average molecular weight is 417 g/mol. The highest BCUT2D eigenvalue weighted by Crippen LogP contribution is 2.32. The lowest BCUT2D eigenvalue weighted by atomic mass is 10.0. The molecule has 7 nitrogen and oxygen atoms in total. The zero-order valence-corrected chi connectivity index (χ0v) is 16.0. The first kappa shape index (κ1) is 20.0. The Balaban J connectivity index is 1.79. The van der Waals surface area contributed by atoms with Crippen molar-refractivity contribution in [3.63, 3.8) is 0 Å². The van der Waals surface area contributed by atoms with Crippen molar-refractivity contribution in [2.24, 2.45) is 0 Å². The number of aromatic nitrogens is 2. The molecule has 2 aromatic carbocycles. The largest absolute Gasteiger partial charge is 0.504 e. The maximum Gasteiger partial charge on any atom is 0.358 e. The van der Waals surface area contributed by atoms with Crippen molar-refractivity contribution in [1.82, 2.24) is 9.97 Å². The number of nitrogens with zero attached hydrogens (tertiary/aromatic N) is 2. The number of hydrogen-bond acceptors (Lipinski definition) is 5. The normalized spacial score (nSPS) is 10.7. The Kier molecular flexibility index (Phi) is 5.28. The third-order valence-electron chi connectivity index (χ3n) is 4.66. The van der Waals surface area contributed by atoms with Gasteiger partial charge in [-0.25, -0.2) is 14.2 Å². The number of pyridine rings is 2. The monoisotopic (exact) mass is 417 g/mol. The molecule has 154 valence electrons. The second kappa shape index (κ2) is 8.19. The van der Waals surface area contributed by atoms with Crippen molar-refractivity contribution < 1.29 is 24.2 Å². The molecule has 0 saturated heterocycles. The number of halogens is 1. The van der Waals surface area contributed by atoms with Crippen LogP contribution in [0.5, 0.6) is 5.75 Å². The van der Waals surface area contributed by atoms with Gasteiger partial charge in [-0.2, -0.15) is 0 Å². The SMILES string of the molecule is O=C(Nc1nc(C(=O)O)c(O)c2ncc(Cc3ccc(F)cc3)cc12)c1ccccc1. The van der Waals surface area contributed by atoms with Crippen LogP contribution in [0.15, 0.2) is 66.9 Å². The van der Waals surface area contributed by atoms with Crippen LogP contribution in [-0.2, 0) is 6.42 Å². The van der Waals surface area contributed by atoms with E-state index >= 15 is 0 Å². The molecule has 31 heavy (non-hydrogen) atoms. The summed E-state index contributed by atoms with van der Waals surface area (Å²) in [6.07, 6.45) is 1.90. The lowest BCUT2D eigenvalue weighted by Crippen LogP contribution is -2.15. The van der Waals surface area contributed by atoms with Crippen molar-refractivity contribution in [1.29, 1.82) is 0 Å². The molecule has 0 atom stereocenters. The number of aromatic carboxylic acids is 1. The highest BCUT2D eigenvalue weighted by Gasteiger charge is 2.21. The molecule has 0 spiro atoms. The number of carboxylic acid groups (broad SMARTS) is 1. The first-order chi connectivity index (χ1) is 14.9. The Labute approximate surface area is 175 Å². The number of rotatable bonds is 5. The number of fused-ring (bicyclic) bond motifs is 1. The Morgan fingerprint density at radius 2 is 1.71 bits per heavy atom. The van der Waals surface area contributed by atoms with Crippen LogP contribution >= 0.6 is 0 Å². The van der Waals surface area contributed by atoms with Crippen LogP contribution in [0.1, 0.15) is 32.0 Å². The van der Waals surface area contributed by atoms with Gasteiger partial charge in [-0.1, -0.05) is 30.3 Å². The van der Waals surface area contributed by atoms with Gasteiger partial charge in [-0.15, -0.1) is 0 Å². The van der Waals surface area contributed by atoms with Crippen LogP contribution in [-0.4, -0.2) is 32.1 Å². The number of anilines is 1. The van der Waals surface area contributed by atoms with Crippen molar-refractivity contribution >= 4 is 28.6 Å². The van der Waals surface area contributed by atoms with E-state index in [1.54, 1.807) is 48.5 Å². The molecule has 1 amide bonds. The van der Waals surface area contributed by atoms with Gasteiger partial charge in [0.1, 0.15) is 17.2 Å². The van der Waals surface area contributed by atoms with Gasteiger partial charge in [-0.05, 0) is 47.9 Å². The van der Waals surface area contributed by atoms with E-state index in [1.807, 2.05) is 0 Å². The average Bonchev–Trinajstić information content (AvgIpc) is 2.77. The molecule has 0 aliphatic carbocycles. The zero-order chi connectivity index (χ0) is 22.0. The molecule has 0 saturated carbocycles. The lowest BCUT2D eigenvalue weighted by Gasteiger charge is -2.12. The highest BCUT2D eigenvalue weighted by atomic mass is 19.1. The summed E-state index contributed by atoms with van der Waals surface area (Å²) in [6.45, 7) is 0. The smallest absolute Gasteiger partial charge is 0.358 e. The summed E-state index contributed by atoms with van der Waals surface area (Å²) >= 11 is 0. The van der Waals surface area contributed by atoms with E-state index < -0.39 is 23.3 Å². The summed E-state index contributed by atoms with van der Waals surface area (Å²) in [5, 5.41) is 22.6. The third-order valence-corrected chi connectivity index (χ3v) is 4.66. The Bertz CT molecular complexity index is 1290. The molecule has 4 rings (SSSR count). The van der Waals surface area contributed by atoms with Gasteiger partial charge >= 0.3 is 5.97 Å². The number of carbonyl (C=O) groups excluding carboxylic acids is 1. The van der Waals surface area contributed by atoms with Crippen LogP contribution in [0, 0.1) is 5.82 Å². The van der Waals surface area contributed by atoms with Crippen LogP contribution < -0.4 is 5.32 Å². The minimum absolute atomic E-state index is 0.00128. The fourth-order valence-corrected chi connectivity index (χ4v) is 3.16. The van der Waals surface area contributed by atoms with E-state index in [0.29, 0.717) is 17.5 Å². The minimum atomic E-state index is -1.45. The first-order valence-corrected chi connectivity index (χ1v) is 9.28. The van der Waals surface area contributed by atoms with Crippen LogP contribution in [0.25, 0.3) is 10.9 Å². The van der Waals surface area contributed by atoms with E-state index in [0.717, 1.165) is 5.56 Å². The molecule has 4 aromatic rings. The number of amides is 1. The number of nitrogens with one attached hydrogen (secondary N) is 1. The van der Waals surface area contributed by atoms with Crippen LogP contribution in [0.2, 0.25) is 0 Å². The molecule has 3 N–H and O–H groups in total. The van der Waals surface area contributed by atoms with E-state index in [4.69, 9.17) is 0 Å². The standard InChI is InChI=1S/C23H16FN3O4/c24-16-8-6-13(7-9-16)10-14-11-17-18(25-12-14)20(28)19(23(30)31)26-21(17)27-22(29)15-4-2-1-3-5-15/h1-9,11-12,28H,10H2,(H,30,31)(H,26,27,29). The summed E-state index contributed by atoms with van der Waals surface area (Å²) < 4.78 is 13.2. The number of hydrogen-bond donors (Lipinski definition) is 3.